The van der Waals surface area contributed by atoms with Gasteiger partial charge in [0, 0.05) is 6.07 Å². The standard InChI is InChI=1S/C11H5ClN4O3S/c12-9-8(3-7(5-14-9)16(18)19)10(17)15-11-6(4-13)1-2-20-11/h1-3,5H,(H,15,17). The number of carbonyl (C=O) groups is 1. The number of aromatic nitrogens is 1. The van der Waals surface area contributed by atoms with Gasteiger partial charge in [0.15, 0.2) is 0 Å². The highest BCUT2D eigenvalue weighted by Gasteiger charge is 2.18. The third kappa shape index (κ3) is 2.74. The lowest BCUT2D eigenvalue weighted by Gasteiger charge is -2.04. The van der Waals surface area contributed by atoms with Gasteiger partial charge >= 0.3 is 0 Å². The SMILES string of the molecule is N#Cc1ccsc1NC(=O)c1cc([N+](=O)[O-])cnc1Cl. The van der Waals surface area contributed by atoms with Crippen LogP contribution in [0.3, 0.4) is 0 Å². The van der Waals surface area contributed by atoms with Crippen molar-refractivity contribution in [3.8, 4) is 6.07 Å². The highest BCUT2D eigenvalue weighted by atomic mass is 35.5. The molecule has 2 aromatic heterocycles. The van der Waals surface area contributed by atoms with E-state index in [1.54, 1.807) is 11.4 Å². The van der Waals surface area contributed by atoms with Crippen LogP contribution in [0.2, 0.25) is 5.15 Å². The molecule has 0 spiro atoms. The van der Waals surface area contributed by atoms with Gasteiger partial charge in [-0.1, -0.05) is 11.6 Å². The van der Waals surface area contributed by atoms with Crippen molar-refractivity contribution in [1.29, 1.82) is 5.26 Å². The van der Waals surface area contributed by atoms with E-state index in [2.05, 4.69) is 10.3 Å². The van der Waals surface area contributed by atoms with Crippen LogP contribution in [0.1, 0.15) is 15.9 Å². The van der Waals surface area contributed by atoms with E-state index in [0.717, 1.165) is 23.6 Å². The van der Waals surface area contributed by atoms with E-state index in [9.17, 15) is 14.9 Å². The predicted molar refractivity (Wildman–Crippen MR) is 72.9 cm³/mol. The maximum Gasteiger partial charge on any atom is 0.288 e. The zero-order valence-corrected chi connectivity index (χ0v) is 11.2. The number of hydrogen-bond donors (Lipinski definition) is 1. The van der Waals surface area contributed by atoms with Crippen molar-refractivity contribution in [1.82, 2.24) is 4.98 Å². The summed E-state index contributed by atoms with van der Waals surface area (Å²) in [4.78, 5) is 25.6. The molecule has 0 saturated carbocycles. The summed E-state index contributed by atoms with van der Waals surface area (Å²) < 4.78 is 0. The smallest absolute Gasteiger partial charge is 0.288 e. The van der Waals surface area contributed by atoms with Crippen molar-refractivity contribution in [3.05, 3.63) is 50.1 Å². The highest BCUT2D eigenvalue weighted by molar-refractivity contribution is 7.14. The lowest BCUT2D eigenvalue weighted by molar-refractivity contribution is -0.385. The number of rotatable bonds is 3. The van der Waals surface area contributed by atoms with Crippen LogP contribution in [-0.2, 0) is 0 Å². The Morgan fingerprint density at radius 1 is 1.60 bits per heavy atom. The second-order valence-electron chi connectivity index (χ2n) is 3.52. The molecule has 2 rings (SSSR count). The fraction of sp³-hybridized carbons (Fsp3) is 0. The molecule has 0 unspecified atom stereocenters. The molecule has 0 aliphatic carbocycles. The predicted octanol–water partition coefficient (Wildman–Crippen LogP) is 2.83. The van der Waals surface area contributed by atoms with E-state index in [-0.39, 0.29) is 16.4 Å². The van der Waals surface area contributed by atoms with Crippen LogP contribution >= 0.6 is 22.9 Å². The molecule has 2 aromatic rings. The molecule has 0 atom stereocenters. The second-order valence-corrected chi connectivity index (χ2v) is 4.79. The number of amides is 1. The van der Waals surface area contributed by atoms with Gasteiger partial charge < -0.3 is 5.32 Å². The maximum absolute atomic E-state index is 12.0. The molecule has 0 aliphatic heterocycles. The van der Waals surface area contributed by atoms with Crippen LogP contribution in [0.4, 0.5) is 10.7 Å². The summed E-state index contributed by atoms with van der Waals surface area (Å²) in [6.07, 6.45) is 0.963. The average Bonchev–Trinajstić information content (AvgIpc) is 2.86. The van der Waals surface area contributed by atoms with E-state index in [4.69, 9.17) is 16.9 Å². The van der Waals surface area contributed by atoms with Crippen LogP contribution in [0.25, 0.3) is 0 Å². The Labute approximate surface area is 121 Å². The molecule has 9 heteroatoms. The Morgan fingerprint density at radius 3 is 3.00 bits per heavy atom. The van der Waals surface area contributed by atoms with Crippen LogP contribution in [-0.4, -0.2) is 15.8 Å². The minimum Gasteiger partial charge on any atom is -0.312 e. The normalized spacial score (nSPS) is 9.80. The number of nitrogens with one attached hydrogen (secondary N) is 1. The molecule has 0 aromatic carbocycles. The molecule has 2 heterocycles. The number of nitro groups is 1. The Kier molecular flexibility index (Phi) is 3.93. The van der Waals surface area contributed by atoms with Gasteiger partial charge in [0.05, 0.1) is 16.1 Å². The zero-order valence-electron chi connectivity index (χ0n) is 9.66. The summed E-state index contributed by atoms with van der Waals surface area (Å²) in [7, 11) is 0. The molecule has 1 amide bonds. The van der Waals surface area contributed by atoms with Crippen LogP contribution < -0.4 is 5.32 Å². The Hall–Kier alpha value is -2.50. The molecule has 0 saturated heterocycles. The zero-order chi connectivity index (χ0) is 14.7. The largest absolute Gasteiger partial charge is 0.312 e. The third-order valence-electron chi connectivity index (χ3n) is 2.29. The molecule has 0 bridgehead atoms. The molecule has 100 valence electrons. The molecule has 20 heavy (non-hydrogen) atoms. The molecular formula is C11H5ClN4O3S. The fourth-order valence-electron chi connectivity index (χ4n) is 1.36. The first-order chi connectivity index (χ1) is 9.52. The topological polar surface area (TPSA) is 109 Å². The van der Waals surface area contributed by atoms with Crippen molar-refractivity contribution in [2.45, 2.75) is 0 Å². The summed E-state index contributed by atoms with van der Waals surface area (Å²) in [5.74, 6) is -0.662. The van der Waals surface area contributed by atoms with E-state index in [0.29, 0.717) is 10.6 Å². The highest BCUT2D eigenvalue weighted by Crippen LogP contribution is 2.25. The van der Waals surface area contributed by atoms with Gasteiger partial charge in [-0.05, 0) is 11.4 Å². The van der Waals surface area contributed by atoms with Crippen molar-refractivity contribution >= 4 is 39.5 Å². The number of hydrogen-bond acceptors (Lipinski definition) is 6. The van der Waals surface area contributed by atoms with Gasteiger partial charge in [0.2, 0.25) is 0 Å². The monoisotopic (exact) mass is 308 g/mol. The van der Waals surface area contributed by atoms with Gasteiger partial charge in [0.1, 0.15) is 22.4 Å². The van der Waals surface area contributed by atoms with Crippen LogP contribution in [0.5, 0.6) is 0 Å². The van der Waals surface area contributed by atoms with Crippen molar-refractivity contribution in [2.75, 3.05) is 5.32 Å². The lowest BCUT2D eigenvalue weighted by Crippen LogP contribution is -2.13. The summed E-state index contributed by atoms with van der Waals surface area (Å²) >= 11 is 6.92. The number of anilines is 1. The molecule has 0 aliphatic rings. The summed E-state index contributed by atoms with van der Waals surface area (Å²) in [5.41, 5.74) is -0.165. The van der Waals surface area contributed by atoms with Gasteiger partial charge in [-0.15, -0.1) is 11.3 Å². The van der Waals surface area contributed by atoms with Gasteiger partial charge in [-0.2, -0.15) is 5.26 Å². The van der Waals surface area contributed by atoms with Crippen LogP contribution in [0, 0.1) is 21.4 Å². The molecular weight excluding hydrogens is 304 g/mol. The van der Waals surface area contributed by atoms with Gasteiger partial charge in [-0.25, -0.2) is 4.98 Å². The number of nitriles is 1. The van der Waals surface area contributed by atoms with E-state index in [1.165, 1.54) is 0 Å². The van der Waals surface area contributed by atoms with E-state index < -0.39 is 10.8 Å². The van der Waals surface area contributed by atoms with Gasteiger partial charge in [-0.3, -0.25) is 14.9 Å². The first-order valence-corrected chi connectivity index (χ1v) is 6.37. The number of halogens is 1. The van der Waals surface area contributed by atoms with Crippen molar-refractivity contribution < 1.29 is 9.72 Å². The third-order valence-corrected chi connectivity index (χ3v) is 3.42. The van der Waals surface area contributed by atoms with E-state index in [1.807, 2.05) is 6.07 Å². The van der Waals surface area contributed by atoms with Gasteiger partial charge in [0.25, 0.3) is 11.6 Å². The Morgan fingerprint density at radius 2 is 2.35 bits per heavy atom. The number of pyridine rings is 1. The first-order valence-electron chi connectivity index (χ1n) is 5.12. The molecule has 1 N–H and O–H groups in total. The first kappa shape index (κ1) is 13.9. The summed E-state index contributed by atoms with van der Waals surface area (Å²) in [6.45, 7) is 0. The summed E-state index contributed by atoms with van der Waals surface area (Å²) in [6, 6.07) is 4.50. The average molecular weight is 309 g/mol. The Balaban J connectivity index is 2.32. The maximum atomic E-state index is 12.0. The molecule has 0 fully saturated rings. The summed E-state index contributed by atoms with van der Waals surface area (Å²) in [5, 5.41) is 23.8. The number of nitrogens with zero attached hydrogens (tertiary/aromatic N) is 3. The van der Waals surface area contributed by atoms with Crippen molar-refractivity contribution in [2.24, 2.45) is 0 Å². The number of thiophene rings is 1. The molecule has 0 radical (unpaired) electrons. The second kappa shape index (κ2) is 5.64. The minimum absolute atomic E-state index is 0.127. The van der Waals surface area contributed by atoms with Crippen molar-refractivity contribution in [3.63, 3.8) is 0 Å². The quantitative estimate of drug-likeness (QED) is 0.532. The lowest BCUT2D eigenvalue weighted by atomic mass is 10.2. The number of carbonyl (C=O) groups excluding carboxylic acids is 1. The Bertz CT molecular complexity index is 738. The fourth-order valence-corrected chi connectivity index (χ4v) is 2.28. The minimum atomic E-state index is -0.675. The molecule has 7 nitrogen and oxygen atoms in total. The van der Waals surface area contributed by atoms with Crippen LogP contribution in [0.15, 0.2) is 23.7 Å². The van der Waals surface area contributed by atoms with E-state index >= 15 is 0 Å².